The van der Waals surface area contributed by atoms with Crippen LogP contribution in [0.4, 0.5) is 0 Å². The summed E-state index contributed by atoms with van der Waals surface area (Å²) in [6.45, 7) is 4.15. The van der Waals surface area contributed by atoms with Crippen molar-refractivity contribution >= 4 is 52.6 Å². The Hall–Kier alpha value is -0.0300. The number of alkyl halides is 2. The maximum atomic E-state index is 12.5. The number of thioether (sulfide) groups is 2. The van der Waals surface area contributed by atoms with Gasteiger partial charge < -0.3 is 4.90 Å². The Morgan fingerprint density at radius 3 is 2.40 bits per heavy atom. The second kappa shape index (κ2) is 4.48. The van der Waals surface area contributed by atoms with E-state index < -0.39 is 9.20 Å². The number of amides is 1. The molecule has 0 radical (unpaired) electrons. The van der Waals surface area contributed by atoms with Gasteiger partial charge in [0.25, 0.3) is 5.91 Å². The molecule has 2 aliphatic heterocycles. The number of nitrogens with zero attached hydrogens (tertiary/aromatic N) is 1. The molecule has 2 fully saturated rings. The first-order chi connectivity index (χ1) is 9.30. The third kappa shape index (κ3) is 1.54. The Morgan fingerprint density at radius 2 is 1.85 bits per heavy atom. The summed E-state index contributed by atoms with van der Waals surface area (Å²) >= 11 is 16.3. The standard InChI is InChI=1S/C14H15Cl2NOS2/c1-12(2)11(19-3)20-14(9-7-5-4-6-8-9)13(15,16)10(18)17(12)14/h4-8,11H,1-3H3/t11-,14-/m1/s1. The summed E-state index contributed by atoms with van der Waals surface area (Å²) < 4.78 is -1.17. The van der Waals surface area contributed by atoms with Crippen molar-refractivity contribution in [1.29, 1.82) is 0 Å². The van der Waals surface area contributed by atoms with Crippen molar-refractivity contribution < 1.29 is 4.79 Å². The van der Waals surface area contributed by atoms with Crippen LogP contribution in [-0.2, 0) is 9.67 Å². The lowest BCUT2D eigenvalue weighted by atomic mass is 9.86. The van der Waals surface area contributed by atoms with Crippen molar-refractivity contribution in [3.63, 3.8) is 0 Å². The Labute approximate surface area is 137 Å². The lowest BCUT2D eigenvalue weighted by molar-refractivity contribution is -0.158. The molecule has 2 heterocycles. The van der Waals surface area contributed by atoms with Crippen LogP contribution >= 0.6 is 46.7 Å². The van der Waals surface area contributed by atoms with Crippen LogP contribution in [0, 0.1) is 0 Å². The van der Waals surface area contributed by atoms with E-state index in [1.807, 2.05) is 35.2 Å². The van der Waals surface area contributed by atoms with Crippen LogP contribution in [0.1, 0.15) is 19.4 Å². The van der Waals surface area contributed by atoms with Crippen LogP contribution in [0.3, 0.4) is 0 Å². The van der Waals surface area contributed by atoms with Gasteiger partial charge in [-0.2, -0.15) is 0 Å². The van der Waals surface area contributed by atoms with Gasteiger partial charge in [0.05, 0.1) is 10.1 Å². The SMILES string of the molecule is CS[C@@H]1S[C@@]2(c3ccccc3)N(C(=O)C2(Cl)Cl)C1(C)C. The second-order valence-corrected chi connectivity index (χ2v) is 9.43. The average molecular weight is 348 g/mol. The molecular formula is C14H15Cl2NOS2. The van der Waals surface area contributed by atoms with Crippen molar-refractivity contribution in [2.24, 2.45) is 0 Å². The lowest BCUT2D eigenvalue weighted by Crippen LogP contribution is -2.75. The number of fused-ring (bicyclic) bond motifs is 1. The number of halogens is 2. The minimum atomic E-state index is -1.40. The predicted molar refractivity (Wildman–Crippen MR) is 88.4 cm³/mol. The zero-order valence-electron chi connectivity index (χ0n) is 11.4. The molecule has 2 saturated heterocycles. The van der Waals surface area contributed by atoms with Gasteiger partial charge in [0, 0.05) is 0 Å². The predicted octanol–water partition coefficient (Wildman–Crippen LogP) is 4.07. The van der Waals surface area contributed by atoms with Gasteiger partial charge in [-0.3, -0.25) is 4.79 Å². The van der Waals surface area contributed by atoms with E-state index in [1.54, 1.807) is 23.5 Å². The zero-order valence-corrected chi connectivity index (χ0v) is 14.5. The highest BCUT2D eigenvalue weighted by molar-refractivity contribution is 8.17. The quantitative estimate of drug-likeness (QED) is 0.594. The first kappa shape index (κ1) is 14.9. The van der Waals surface area contributed by atoms with Gasteiger partial charge in [0.1, 0.15) is 0 Å². The van der Waals surface area contributed by atoms with Gasteiger partial charge in [-0.15, -0.1) is 23.5 Å². The molecule has 108 valence electrons. The van der Waals surface area contributed by atoms with E-state index in [0.29, 0.717) is 0 Å². The number of hydrogen-bond donors (Lipinski definition) is 0. The van der Waals surface area contributed by atoms with Gasteiger partial charge in [-0.05, 0) is 25.7 Å². The summed E-state index contributed by atoms with van der Waals surface area (Å²) in [7, 11) is 0. The Balaban J connectivity index is 2.19. The number of carbonyl (C=O) groups is 1. The molecule has 2 aliphatic rings. The van der Waals surface area contributed by atoms with Crippen LogP contribution in [0.5, 0.6) is 0 Å². The lowest BCUT2D eigenvalue weighted by Gasteiger charge is -2.58. The zero-order chi connectivity index (χ0) is 14.8. The van der Waals surface area contributed by atoms with Crippen LogP contribution < -0.4 is 0 Å². The summed E-state index contributed by atoms with van der Waals surface area (Å²) in [5.41, 5.74) is 0.698. The smallest absolute Gasteiger partial charge is 0.264 e. The molecule has 2 atom stereocenters. The molecule has 20 heavy (non-hydrogen) atoms. The molecule has 0 aliphatic carbocycles. The molecular weight excluding hydrogens is 333 g/mol. The van der Waals surface area contributed by atoms with Crippen molar-refractivity contribution in [2.75, 3.05) is 6.26 Å². The fourth-order valence-corrected chi connectivity index (χ4v) is 7.04. The number of β-lactam (4-membered cyclic amide) rings is 1. The molecule has 1 amide bonds. The van der Waals surface area contributed by atoms with Crippen LogP contribution in [0.15, 0.2) is 30.3 Å². The average Bonchev–Trinajstić information content (AvgIpc) is 2.66. The van der Waals surface area contributed by atoms with E-state index in [9.17, 15) is 4.79 Å². The minimum Gasteiger partial charge on any atom is -0.311 e. The van der Waals surface area contributed by atoms with Gasteiger partial charge >= 0.3 is 0 Å². The van der Waals surface area contributed by atoms with Crippen LogP contribution in [-0.4, -0.2) is 31.5 Å². The number of benzene rings is 1. The summed E-state index contributed by atoms with van der Waals surface area (Å²) in [6, 6.07) is 9.84. The minimum absolute atomic E-state index is 0.196. The molecule has 3 rings (SSSR count). The van der Waals surface area contributed by atoms with E-state index >= 15 is 0 Å². The topological polar surface area (TPSA) is 20.3 Å². The molecule has 0 bridgehead atoms. The molecule has 0 spiro atoms. The highest BCUT2D eigenvalue weighted by atomic mass is 35.5. The summed E-state index contributed by atoms with van der Waals surface area (Å²) in [5.74, 6) is -0.196. The molecule has 0 N–H and O–H groups in total. The molecule has 0 unspecified atom stereocenters. The van der Waals surface area contributed by atoms with E-state index in [-0.39, 0.29) is 16.0 Å². The largest absolute Gasteiger partial charge is 0.311 e. The maximum absolute atomic E-state index is 12.5. The summed E-state index contributed by atoms with van der Waals surface area (Å²) in [4.78, 5) is 13.6. The van der Waals surface area contributed by atoms with Gasteiger partial charge in [0.2, 0.25) is 4.33 Å². The molecule has 1 aromatic carbocycles. The Kier molecular flexibility index (Phi) is 3.34. The fraction of sp³-hybridized carbons (Fsp3) is 0.500. The fourth-order valence-electron chi connectivity index (χ4n) is 3.09. The normalized spacial score (nSPS) is 33.8. The van der Waals surface area contributed by atoms with Crippen molar-refractivity contribution in [2.45, 2.75) is 33.2 Å². The van der Waals surface area contributed by atoms with E-state index in [4.69, 9.17) is 23.2 Å². The Bertz CT molecular complexity index is 564. The Morgan fingerprint density at radius 1 is 1.25 bits per heavy atom. The summed E-state index contributed by atoms with van der Waals surface area (Å²) in [5, 5.41) is 0. The maximum Gasteiger partial charge on any atom is 0.264 e. The van der Waals surface area contributed by atoms with Crippen LogP contribution in [0.25, 0.3) is 0 Å². The third-order valence-electron chi connectivity index (χ3n) is 4.02. The van der Waals surface area contributed by atoms with Crippen molar-refractivity contribution in [1.82, 2.24) is 4.90 Å². The molecule has 0 aromatic heterocycles. The van der Waals surface area contributed by atoms with Crippen molar-refractivity contribution in [3.05, 3.63) is 35.9 Å². The van der Waals surface area contributed by atoms with Crippen molar-refractivity contribution in [3.8, 4) is 0 Å². The molecule has 6 heteroatoms. The third-order valence-corrected chi connectivity index (χ3v) is 8.84. The highest BCUT2D eigenvalue weighted by Crippen LogP contribution is 2.71. The summed E-state index contributed by atoms with van der Waals surface area (Å²) in [6.07, 6.45) is 2.05. The van der Waals surface area contributed by atoms with Gasteiger partial charge in [-0.25, -0.2) is 0 Å². The van der Waals surface area contributed by atoms with E-state index in [1.165, 1.54) is 0 Å². The number of hydrogen-bond acceptors (Lipinski definition) is 3. The molecule has 2 nitrogen and oxygen atoms in total. The van der Waals surface area contributed by atoms with Gasteiger partial charge in [-0.1, -0.05) is 53.5 Å². The first-order valence-corrected chi connectivity index (χ1v) is 9.21. The van der Waals surface area contributed by atoms with Gasteiger partial charge in [0.15, 0.2) is 4.87 Å². The molecule has 1 aromatic rings. The number of carbonyl (C=O) groups excluding carboxylic acids is 1. The first-order valence-electron chi connectivity index (χ1n) is 6.29. The van der Waals surface area contributed by atoms with Crippen LogP contribution in [0.2, 0.25) is 0 Å². The monoisotopic (exact) mass is 347 g/mol. The van der Waals surface area contributed by atoms with E-state index in [2.05, 4.69) is 20.1 Å². The van der Waals surface area contributed by atoms with E-state index in [0.717, 1.165) is 5.56 Å². The molecule has 0 saturated carbocycles. The highest BCUT2D eigenvalue weighted by Gasteiger charge is 2.79. The second-order valence-electron chi connectivity index (χ2n) is 5.56. The number of rotatable bonds is 2.